The number of aliphatic hydroxyl groups is 1. The van der Waals surface area contributed by atoms with Crippen LogP contribution in [0.1, 0.15) is 24.0 Å². The third kappa shape index (κ3) is 2.34. The molecule has 0 radical (unpaired) electrons. The number of hydrogen-bond acceptors (Lipinski definition) is 2. The van der Waals surface area contributed by atoms with Crippen molar-refractivity contribution in [1.29, 1.82) is 0 Å². The second kappa shape index (κ2) is 3.80. The van der Waals surface area contributed by atoms with Gasteiger partial charge in [0.25, 0.3) is 0 Å². The summed E-state index contributed by atoms with van der Waals surface area (Å²) in [5.41, 5.74) is 1.72. The lowest BCUT2D eigenvalue weighted by Gasteiger charge is -2.14. The zero-order chi connectivity index (χ0) is 11.1. The molecule has 1 aliphatic carbocycles. The Balaban J connectivity index is 2.35. The Kier molecular flexibility index (Phi) is 2.77. The number of hydrogen-bond donors (Lipinski definition) is 1. The van der Waals surface area contributed by atoms with Crippen LogP contribution in [0.25, 0.3) is 0 Å². The third-order valence-corrected chi connectivity index (χ3v) is 3.32. The lowest BCUT2D eigenvalue weighted by molar-refractivity contribution is 0.150. The molecule has 0 unspecified atom stereocenters. The van der Waals surface area contributed by atoms with E-state index in [9.17, 15) is 5.11 Å². The number of ether oxygens (including phenoxy) is 1. The molecule has 0 amide bonds. The topological polar surface area (TPSA) is 29.5 Å². The number of rotatable bonds is 3. The highest BCUT2D eigenvalue weighted by atomic mass is 79.9. The number of benzene rings is 1. The van der Waals surface area contributed by atoms with Crippen LogP contribution >= 0.6 is 15.9 Å². The SMILES string of the molecule is COc1c(C)cc(Br)cc1CC1(O)CC1. The smallest absolute Gasteiger partial charge is 0.125 e. The van der Waals surface area contributed by atoms with Crippen molar-refractivity contribution in [2.75, 3.05) is 7.11 Å². The van der Waals surface area contributed by atoms with E-state index in [-0.39, 0.29) is 0 Å². The van der Waals surface area contributed by atoms with Crippen LogP contribution in [-0.4, -0.2) is 17.8 Å². The van der Waals surface area contributed by atoms with E-state index in [4.69, 9.17) is 4.74 Å². The molecule has 0 aliphatic heterocycles. The van der Waals surface area contributed by atoms with Gasteiger partial charge in [-0.25, -0.2) is 0 Å². The largest absolute Gasteiger partial charge is 0.496 e. The van der Waals surface area contributed by atoms with Crippen molar-refractivity contribution >= 4 is 15.9 Å². The van der Waals surface area contributed by atoms with Gasteiger partial charge in [-0.2, -0.15) is 0 Å². The minimum absolute atomic E-state index is 0.472. The number of methoxy groups -OCH3 is 1. The van der Waals surface area contributed by atoms with E-state index in [1.807, 2.05) is 19.1 Å². The van der Waals surface area contributed by atoms with Crippen LogP contribution in [0.15, 0.2) is 16.6 Å². The zero-order valence-electron chi connectivity index (χ0n) is 9.01. The highest BCUT2D eigenvalue weighted by Gasteiger charge is 2.40. The van der Waals surface area contributed by atoms with Crippen molar-refractivity contribution in [1.82, 2.24) is 0 Å². The van der Waals surface area contributed by atoms with Crippen LogP contribution < -0.4 is 4.74 Å². The van der Waals surface area contributed by atoms with Crippen LogP contribution in [-0.2, 0) is 6.42 Å². The van der Waals surface area contributed by atoms with E-state index < -0.39 is 5.60 Å². The predicted octanol–water partition coefficient (Wildman–Crippen LogP) is 2.83. The molecule has 0 saturated heterocycles. The van der Waals surface area contributed by atoms with Gasteiger partial charge in [0.15, 0.2) is 0 Å². The van der Waals surface area contributed by atoms with Crippen LogP contribution in [0, 0.1) is 6.92 Å². The maximum Gasteiger partial charge on any atom is 0.125 e. The van der Waals surface area contributed by atoms with Gasteiger partial charge in [0.2, 0.25) is 0 Å². The molecule has 1 aromatic carbocycles. The van der Waals surface area contributed by atoms with E-state index in [2.05, 4.69) is 15.9 Å². The molecule has 1 aliphatic rings. The van der Waals surface area contributed by atoms with Gasteiger partial charge in [-0.15, -0.1) is 0 Å². The first-order valence-corrected chi connectivity index (χ1v) is 5.89. The third-order valence-electron chi connectivity index (χ3n) is 2.87. The van der Waals surface area contributed by atoms with Gasteiger partial charge in [-0.1, -0.05) is 15.9 Å². The molecule has 0 spiro atoms. The highest BCUT2D eigenvalue weighted by molar-refractivity contribution is 9.10. The second-order valence-corrected chi connectivity index (χ2v) is 5.23. The molecule has 15 heavy (non-hydrogen) atoms. The first-order chi connectivity index (χ1) is 7.04. The van der Waals surface area contributed by atoms with Gasteiger partial charge in [-0.05, 0) is 43.0 Å². The molecular weight excluding hydrogens is 256 g/mol. The normalized spacial score (nSPS) is 17.6. The fraction of sp³-hybridized carbons (Fsp3) is 0.500. The van der Waals surface area contributed by atoms with Gasteiger partial charge in [-0.3, -0.25) is 0 Å². The Morgan fingerprint density at radius 1 is 1.47 bits per heavy atom. The monoisotopic (exact) mass is 270 g/mol. The Morgan fingerprint density at radius 2 is 2.13 bits per heavy atom. The zero-order valence-corrected chi connectivity index (χ0v) is 10.6. The van der Waals surface area contributed by atoms with Crippen molar-refractivity contribution in [2.45, 2.75) is 31.8 Å². The molecule has 1 aromatic rings. The molecule has 82 valence electrons. The van der Waals surface area contributed by atoms with Gasteiger partial charge in [0.1, 0.15) is 5.75 Å². The fourth-order valence-corrected chi connectivity index (χ4v) is 2.52. The summed E-state index contributed by atoms with van der Waals surface area (Å²) in [5, 5.41) is 9.91. The molecule has 2 nitrogen and oxygen atoms in total. The first kappa shape index (κ1) is 11.0. The van der Waals surface area contributed by atoms with Crippen LogP contribution in [0.4, 0.5) is 0 Å². The number of aryl methyl sites for hydroxylation is 1. The van der Waals surface area contributed by atoms with Gasteiger partial charge < -0.3 is 9.84 Å². The maximum atomic E-state index is 9.91. The molecular formula is C12H15BrO2. The number of halogens is 1. The van der Waals surface area contributed by atoms with E-state index in [0.29, 0.717) is 6.42 Å². The predicted molar refractivity (Wildman–Crippen MR) is 63.3 cm³/mol. The molecule has 2 rings (SSSR count). The lowest BCUT2D eigenvalue weighted by Crippen LogP contribution is -2.12. The molecule has 1 fully saturated rings. The summed E-state index contributed by atoms with van der Waals surface area (Å²) in [4.78, 5) is 0. The Hall–Kier alpha value is -0.540. The second-order valence-electron chi connectivity index (χ2n) is 4.32. The van der Waals surface area contributed by atoms with Gasteiger partial charge in [0.05, 0.1) is 12.7 Å². The van der Waals surface area contributed by atoms with Gasteiger partial charge >= 0.3 is 0 Å². The molecule has 1 saturated carbocycles. The van der Waals surface area contributed by atoms with E-state index in [1.54, 1.807) is 7.11 Å². The fourth-order valence-electron chi connectivity index (χ4n) is 1.90. The minimum Gasteiger partial charge on any atom is -0.496 e. The summed E-state index contributed by atoms with van der Waals surface area (Å²) in [6, 6.07) is 4.06. The molecule has 0 bridgehead atoms. The standard InChI is InChI=1S/C12H15BrO2/c1-8-5-10(13)6-9(11(8)15-2)7-12(14)3-4-12/h5-6,14H,3-4,7H2,1-2H3. The van der Waals surface area contributed by atoms with E-state index in [1.165, 1.54) is 0 Å². The molecule has 0 atom stereocenters. The van der Waals surface area contributed by atoms with Crippen molar-refractivity contribution in [3.05, 3.63) is 27.7 Å². The van der Waals surface area contributed by atoms with Crippen molar-refractivity contribution < 1.29 is 9.84 Å². The molecule has 1 N–H and O–H groups in total. The molecule has 3 heteroatoms. The highest BCUT2D eigenvalue weighted by Crippen LogP contribution is 2.41. The van der Waals surface area contributed by atoms with Crippen molar-refractivity contribution in [3.8, 4) is 5.75 Å². The average Bonchev–Trinajstić information content (AvgIpc) is 2.82. The summed E-state index contributed by atoms with van der Waals surface area (Å²) in [7, 11) is 1.68. The Bertz CT molecular complexity index is 383. The van der Waals surface area contributed by atoms with Crippen molar-refractivity contribution in [3.63, 3.8) is 0 Å². The van der Waals surface area contributed by atoms with Crippen LogP contribution in [0.2, 0.25) is 0 Å². The first-order valence-electron chi connectivity index (χ1n) is 5.09. The summed E-state index contributed by atoms with van der Waals surface area (Å²) in [6.07, 6.45) is 2.50. The molecule has 0 aromatic heterocycles. The van der Waals surface area contributed by atoms with Crippen LogP contribution in [0.3, 0.4) is 0 Å². The summed E-state index contributed by atoms with van der Waals surface area (Å²) in [5.74, 6) is 0.901. The quantitative estimate of drug-likeness (QED) is 0.916. The Morgan fingerprint density at radius 3 is 2.67 bits per heavy atom. The maximum absolute atomic E-state index is 9.91. The van der Waals surface area contributed by atoms with E-state index >= 15 is 0 Å². The molecule has 0 heterocycles. The van der Waals surface area contributed by atoms with Gasteiger partial charge in [0, 0.05) is 10.9 Å². The summed E-state index contributed by atoms with van der Waals surface area (Å²) in [6.45, 7) is 2.02. The van der Waals surface area contributed by atoms with Crippen molar-refractivity contribution in [2.24, 2.45) is 0 Å². The van der Waals surface area contributed by atoms with E-state index in [0.717, 1.165) is 34.2 Å². The average molecular weight is 271 g/mol. The summed E-state index contributed by atoms with van der Waals surface area (Å²) < 4.78 is 6.41. The Labute approximate surface area is 98.4 Å². The summed E-state index contributed by atoms with van der Waals surface area (Å²) >= 11 is 3.47. The minimum atomic E-state index is -0.472. The lowest BCUT2D eigenvalue weighted by atomic mass is 10.0. The van der Waals surface area contributed by atoms with Crippen LogP contribution in [0.5, 0.6) is 5.75 Å².